The van der Waals surface area contributed by atoms with Crippen molar-refractivity contribution in [3.05, 3.63) is 192 Å². The van der Waals surface area contributed by atoms with Gasteiger partial charge >= 0.3 is 0 Å². The molecule has 0 spiro atoms. The highest BCUT2D eigenvalue weighted by molar-refractivity contribution is 6.25. The van der Waals surface area contributed by atoms with Crippen LogP contribution in [0.2, 0.25) is 0 Å². The van der Waals surface area contributed by atoms with Gasteiger partial charge in [0.25, 0.3) is 0 Å². The number of carbonyl (C=O) groups is 2. The molecule has 0 aromatic heterocycles. The average Bonchev–Trinajstić information content (AvgIpc) is 3.45. The summed E-state index contributed by atoms with van der Waals surface area (Å²) < 4.78 is 12.4. The maximum absolute atomic E-state index is 13.0. The minimum Gasteiger partial charge on any atom is -0.457 e. The first-order chi connectivity index (χ1) is 27.9. The number of Topliss-reactive ketones (excluding diaryl/α,β-unsaturated/α-hetero) is 2. The van der Waals surface area contributed by atoms with Crippen molar-refractivity contribution in [3.63, 3.8) is 0 Å². The van der Waals surface area contributed by atoms with Crippen LogP contribution >= 0.6 is 0 Å². The molecule has 0 amide bonds. The molecule has 0 radical (unpaired) electrons. The lowest BCUT2D eigenvalue weighted by molar-refractivity contribution is -0.112. The summed E-state index contributed by atoms with van der Waals surface area (Å²) in [6.45, 7) is 3.32. The van der Waals surface area contributed by atoms with E-state index in [2.05, 4.69) is 97.1 Å². The lowest BCUT2D eigenvalue weighted by Crippen LogP contribution is -2.03. The molecule has 8 aromatic carbocycles. The topological polar surface area (TPSA) is 52.6 Å². The van der Waals surface area contributed by atoms with Gasteiger partial charge in [0.1, 0.15) is 11.5 Å². The Morgan fingerprint density at radius 2 is 0.825 bits per heavy atom. The van der Waals surface area contributed by atoms with Crippen LogP contribution in [0.5, 0.6) is 11.5 Å². The van der Waals surface area contributed by atoms with Gasteiger partial charge in [0.2, 0.25) is 6.79 Å². The lowest BCUT2D eigenvalue weighted by atomic mass is 9.90. The summed E-state index contributed by atoms with van der Waals surface area (Å²) in [6, 6.07) is 57.4. The Morgan fingerprint density at radius 1 is 0.439 bits per heavy atom. The largest absolute Gasteiger partial charge is 0.457 e. The summed E-state index contributed by atoms with van der Waals surface area (Å²) in [4.78, 5) is 26.0. The quantitative estimate of drug-likeness (QED) is 0.115. The first-order valence-electron chi connectivity index (χ1n) is 19.1. The van der Waals surface area contributed by atoms with E-state index in [1.54, 1.807) is 13.8 Å². The number of rotatable bonds is 8. The summed E-state index contributed by atoms with van der Waals surface area (Å²) in [5, 5.41) is 4.06. The van der Waals surface area contributed by atoms with Crippen LogP contribution in [0.25, 0.3) is 78.2 Å². The molecule has 0 saturated carbocycles. The minimum atomic E-state index is 0.000958. The van der Waals surface area contributed by atoms with Gasteiger partial charge in [-0.2, -0.15) is 0 Å². The smallest absolute Gasteiger partial charge is 0.230 e. The SMILES string of the molecule is CC(=O)/C(=C/c1ccc2c3c(ccc2c1)OCOc1ccc2cc(/C=C(/C(C)=O)c4ccc(-c5ccccc5)cc4)ccc2c1-3)c1ccc(-c2ccccc2)cc1. The molecule has 9 rings (SSSR count). The van der Waals surface area contributed by atoms with Gasteiger partial charge in [0.05, 0.1) is 0 Å². The van der Waals surface area contributed by atoms with Crippen molar-refractivity contribution in [1.82, 2.24) is 0 Å². The third kappa shape index (κ3) is 7.05. The van der Waals surface area contributed by atoms with Gasteiger partial charge in [-0.3, -0.25) is 9.59 Å². The van der Waals surface area contributed by atoms with Crippen LogP contribution in [-0.2, 0) is 9.59 Å². The fraction of sp³-hybridized carbons (Fsp3) is 0.0566. The third-order valence-electron chi connectivity index (χ3n) is 10.7. The number of hydrogen-bond acceptors (Lipinski definition) is 4. The van der Waals surface area contributed by atoms with Crippen molar-refractivity contribution < 1.29 is 19.1 Å². The van der Waals surface area contributed by atoms with Crippen LogP contribution in [0.4, 0.5) is 0 Å². The predicted octanol–water partition coefficient (Wildman–Crippen LogP) is 13.0. The number of hydrogen-bond donors (Lipinski definition) is 0. The molecule has 0 N–H and O–H groups in total. The normalized spacial score (nSPS) is 12.6. The molecule has 0 unspecified atom stereocenters. The molecule has 0 fully saturated rings. The van der Waals surface area contributed by atoms with Gasteiger partial charge in [-0.15, -0.1) is 0 Å². The van der Waals surface area contributed by atoms with Crippen LogP contribution in [-0.4, -0.2) is 18.4 Å². The zero-order valence-corrected chi connectivity index (χ0v) is 31.7. The van der Waals surface area contributed by atoms with E-state index in [0.29, 0.717) is 11.1 Å². The minimum absolute atomic E-state index is 0.000958. The van der Waals surface area contributed by atoms with Crippen molar-refractivity contribution >= 4 is 56.4 Å². The molecule has 0 saturated heterocycles. The molecule has 0 atom stereocenters. The standard InChI is InChI=1S/C53H38O4/c1-34(54)48(42-19-15-40(16-20-42)38-9-5-3-6-10-38)31-36-13-25-46-44(29-36)23-27-50-52(46)53-47-26-14-37(30-45(47)24-28-51(53)57-33-56-50)32-49(35(2)55)43-21-17-41(18-22-43)39-11-7-4-8-12-39/h3-32H,33H2,1-2H3/b48-31-,49-32-. The summed E-state index contributed by atoms with van der Waals surface area (Å²) >= 11 is 0. The Labute approximate surface area is 332 Å². The van der Waals surface area contributed by atoms with E-state index in [0.717, 1.165) is 88.7 Å². The molecule has 4 nitrogen and oxygen atoms in total. The highest BCUT2D eigenvalue weighted by Gasteiger charge is 2.22. The zero-order chi connectivity index (χ0) is 38.9. The van der Waals surface area contributed by atoms with Gasteiger partial charge in [0.15, 0.2) is 11.6 Å². The van der Waals surface area contributed by atoms with Crippen molar-refractivity contribution in [1.29, 1.82) is 0 Å². The van der Waals surface area contributed by atoms with Gasteiger partial charge < -0.3 is 9.47 Å². The lowest BCUT2D eigenvalue weighted by Gasteiger charge is -2.15. The summed E-state index contributed by atoms with van der Waals surface area (Å²) in [7, 11) is 0. The molecular formula is C53H38O4. The van der Waals surface area contributed by atoms with Crippen LogP contribution in [0.1, 0.15) is 36.1 Å². The van der Waals surface area contributed by atoms with E-state index in [1.807, 2.05) is 84.9 Å². The highest BCUT2D eigenvalue weighted by atomic mass is 16.7. The molecule has 0 aliphatic carbocycles. The maximum atomic E-state index is 13.0. The Balaban J connectivity index is 1.08. The molecule has 1 aliphatic heterocycles. The van der Waals surface area contributed by atoms with E-state index in [-0.39, 0.29) is 18.4 Å². The first kappa shape index (κ1) is 35.4. The van der Waals surface area contributed by atoms with Crippen molar-refractivity contribution in [3.8, 4) is 44.9 Å². The van der Waals surface area contributed by atoms with Crippen LogP contribution < -0.4 is 9.47 Å². The third-order valence-corrected chi connectivity index (χ3v) is 10.7. The van der Waals surface area contributed by atoms with Crippen LogP contribution in [0, 0.1) is 0 Å². The van der Waals surface area contributed by atoms with Crippen molar-refractivity contribution in [2.75, 3.05) is 6.79 Å². The van der Waals surface area contributed by atoms with Crippen molar-refractivity contribution in [2.24, 2.45) is 0 Å². The van der Waals surface area contributed by atoms with E-state index in [4.69, 9.17) is 9.47 Å². The zero-order valence-electron chi connectivity index (χ0n) is 31.7. The molecule has 1 aliphatic rings. The second-order valence-corrected chi connectivity index (χ2v) is 14.4. The van der Waals surface area contributed by atoms with Crippen molar-refractivity contribution in [2.45, 2.75) is 13.8 Å². The van der Waals surface area contributed by atoms with E-state index in [9.17, 15) is 9.59 Å². The second-order valence-electron chi connectivity index (χ2n) is 14.4. The number of benzene rings is 8. The average molecular weight is 739 g/mol. The molecule has 0 bridgehead atoms. The maximum Gasteiger partial charge on any atom is 0.230 e. The number of carbonyl (C=O) groups excluding carboxylic acids is 2. The second kappa shape index (κ2) is 15.1. The summed E-state index contributed by atoms with van der Waals surface area (Å²) in [5.41, 5.74) is 11.3. The summed E-state index contributed by atoms with van der Waals surface area (Å²) in [5.74, 6) is 1.48. The Bertz CT molecular complexity index is 2680. The van der Waals surface area contributed by atoms with Gasteiger partial charge in [-0.1, -0.05) is 146 Å². The molecule has 57 heavy (non-hydrogen) atoms. The van der Waals surface area contributed by atoms with Gasteiger partial charge in [-0.05, 0) is 116 Å². The highest BCUT2D eigenvalue weighted by Crippen LogP contribution is 2.47. The predicted molar refractivity (Wildman–Crippen MR) is 234 cm³/mol. The fourth-order valence-corrected chi connectivity index (χ4v) is 7.80. The number of ether oxygens (including phenoxy) is 2. The molecular weight excluding hydrogens is 701 g/mol. The summed E-state index contributed by atoms with van der Waals surface area (Å²) in [6.07, 6.45) is 3.94. The van der Waals surface area contributed by atoms with E-state index in [1.165, 1.54) is 0 Å². The first-order valence-corrected chi connectivity index (χ1v) is 19.1. The van der Waals surface area contributed by atoms with Gasteiger partial charge in [0, 0.05) is 22.3 Å². The van der Waals surface area contributed by atoms with E-state index >= 15 is 0 Å². The molecule has 1 heterocycles. The number of fused-ring (bicyclic) bond motifs is 7. The van der Waals surface area contributed by atoms with Gasteiger partial charge in [-0.25, -0.2) is 0 Å². The Kier molecular flexibility index (Phi) is 9.37. The molecule has 8 aromatic rings. The van der Waals surface area contributed by atoms with Crippen LogP contribution in [0.3, 0.4) is 0 Å². The molecule has 4 heteroatoms. The Hall–Kier alpha value is -7.30. The Morgan fingerprint density at radius 3 is 1.21 bits per heavy atom. The fourth-order valence-electron chi connectivity index (χ4n) is 7.80. The van der Waals surface area contributed by atoms with Crippen LogP contribution in [0.15, 0.2) is 170 Å². The number of ketones is 2. The van der Waals surface area contributed by atoms with E-state index < -0.39 is 0 Å². The monoisotopic (exact) mass is 738 g/mol. The number of allylic oxidation sites excluding steroid dienone is 2. The molecule has 274 valence electrons.